The van der Waals surface area contributed by atoms with Crippen molar-refractivity contribution in [3.63, 3.8) is 0 Å². The first-order valence-corrected chi connectivity index (χ1v) is 9.97. The lowest BCUT2D eigenvalue weighted by atomic mass is 10.1. The van der Waals surface area contributed by atoms with Crippen molar-refractivity contribution in [1.29, 1.82) is 0 Å². The average molecular weight is 314 g/mol. The van der Waals surface area contributed by atoms with Gasteiger partial charge in [0.25, 0.3) is 0 Å². The molecule has 0 aliphatic rings. The van der Waals surface area contributed by atoms with Crippen LogP contribution in [0, 0.1) is 0 Å². The Kier molecular flexibility index (Phi) is 39.4. The molecule has 1 heteroatoms. The summed E-state index contributed by atoms with van der Waals surface area (Å²) in [5.74, 6) is 0. The van der Waals surface area contributed by atoms with E-state index in [-0.39, 0.29) is 0 Å². The molecule has 0 spiro atoms. The van der Waals surface area contributed by atoms with Crippen LogP contribution in [-0.2, 0) is 0 Å². The van der Waals surface area contributed by atoms with Gasteiger partial charge in [0.15, 0.2) is 0 Å². The molecule has 1 N–H and O–H groups in total. The van der Waals surface area contributed by atoms with Gasteiger partial charge in [-0.3, -0.25) is 0 Å². The standard InChI is InChI=1S/C10H23N.C9H20.C2H4/c1-3-4-5-6-7-8-9-10-11-2;1-3-5-7-9-8-6-4-2;1-2/h11H,3-10H2,1-2H3;3-9H2,1-2H3;1-2H2. The van der Waals surface area contributed by atoms with E-state index in [9.17, 15) is 0 Å². The Labute approximate surface area is 143 Å². The van der Waals surface area contributed by atoms with E-state index in [0.29, 0.717) is 0 Å². The van der Waals surface area contributed by atoms with Gasteiger partial charge in [-0.2, -0.15) is 0 Å². The lowest BCUT2D eigenvalue weighted by molar-refractivity contribution is 0.578. The lowest BCUT2D eigenvalue weighted by Gasteiger charge is -1.99. The highest BCUT2D eigenvalue weighted by Crippen LogP contribution is 2.06. The Morgan fingerprint density at radius 3 is 1.05 bits per heavy atom. The second kappa shape index (κ2) is 32.6. The van der Waals surface area contributed by atoms with Gasteiger partial charge in [0.2, 0.25) is 0 Å². The summed E-state index contributed by atoms with van der Waals surface area (Å²) in [6.45, 7) is 14.0. The van der Waals surface area contributed by atoms with Crippen LogP contribution in [0.5, 0.6) is 0 Å². The van der Waals surface area contributed by atoms with E-state index in [1.807, 2.05) is 7.05 Å². The van der Waals surface area contributed by atoms with Crippen LogP contribution in [0.4, 0.5) is 0 Å². The molecule has 0 aromatic heterocycles. The minimum absolute atomic E-state index is 1.19. The molecule has 0 aromatic carbocycles. The van der Waals surface area contributed by atoms with Gasteiger partial charge in [0, 0.05) is 0 Å². The third-order valence-corrected chi connectivity index (χ3v) is 3.74. The molecule has 0 unspecified atom stereocenters. The Morgan fingerprint density at radius 1 is 0.500 bits per heavy atom. The lowest BCUT2D eigenvalue weighted by Crippen LogP contribution is -2.06. The summed E-state index contributed by atoms with van der Waals surface area (Å²) in [6.07, 6.45) is 19.8. The van der Waals surface area contributed by atoms with Crippen LogP contribution in [0.1, 0.15) is 111 Å². The maximum absolute atomic E-state index is 3.17. The van der Waals surface area contributed by atoms with E-state index in [4.69, 9.17) is 0 Å². The molecular weight excluding hydrogens is 266 g/mol. The highest BCUT2D eigenvalue weighted by molar-refractivity contribution is 4.46. The van der Waals surface area contributed by atoms with E-state index in [0.717, 1.165) is 0 Å². The van der Waals surface area contributed by atoms with Gasteiger partial charge < -0.3 is 5.32 Å². The second-order valence-electron chi connectivity index (χ2n) is 5.99. The highest BCUT2D eigenvalue weighted by Gasteiger charge is 1.88. The van der Waals surface area contributed by atoms with E-state index in [2.05, 4.69) is 39.2 Å². The van der Waals surface area contributed by atoms with Crippen molar-refractivity contribution >= 4 is 0 Å². The summed E-state index contributed by atoms with van der Waals surface area (Å²) in [6, 6.07) is 0. The van der Waals surface area contributed by atoms with Crippen molar-refractivity contribution < 1.29 is 0 Å². The van der Waals surface area contributed by atoms with Gasteiger partial charge in [-0.05, 0) is 20.0 Å². The first-order chi connectivity index (χ1) is 10.8. The van der Waals surface area contributed by atoms with E-state index >= 15 is 0 Å². The molecule has 0 amide bonds. The molecule has 22 heavy (non-hydrogen) atoms. The zero-order valence-electron chi connectivity index (χ0n) is 16.5. The largest absolute Gasteiger partial charge is 0.320 e. The molecular formula is C21H47N. The van der Waals surface area contributed by atoms with Crippen molar-refractivity contribution in [1.82, 2.24) is 5.32 Å². The summed E-state index contributed by atoms with van der Waals surface area (Å²) >= 11 is 0. The van der Waals surface area contributed by atoms with E-state index < -0.39 is 0 Å². The van der Waals surface area contributed by atoms with Crippen LogP contribution in [0.15, 0.2) is 13.2 Å². The molecule has 0 fully saturated rings. The Balaban J connectivity index is -0.000000299. The molecule has 136 valence electrons. The second-order valence-corrected chi connectivity index (χ2v) is 5.99. The molecule has 0 aliphatic heterocycles. The number of unbranched alkanes of at least 4 members (excludes halogenated alkanes) is 12. The Bertz CT molecular complexity index is 131. The van der Waals surface area contributed by atoms with Gasteiger partial charge in [-0.1, -0.05) is 104 Å². The molecule has 0 bridgehead atoms. The Hall–Kier alpha value is -0.300. The molecule has 0 radical (unpaired) electrons. The molecule has 0 aliphatic carbocycles. The fourth-order valence-corrected chi connectivity index (χ4v) is 2.29. The monoisotopic (exact) mass is 313 g/mol. The van der Waals surface area contributed by atoms with Crippen molar-refractivity contribution in [3.8, 4) is 0 Å². The number of hydrogen-bond acceptors (Lipinski definition) is 1. The topological polar surface area (TPSA) is 12.0 Å². The fourth-order valence-electron chi connectivity index (χ4n) is 2.29. The van der Waals surface area contributed by atoms with Crippen LogP contribution in [0.3, 0.4) is 0 Å². The number of rotatable bonds is 14. The minimum atomic E-state index is 1.19. The zero-order chi connectivity index (χ0) is 17.3. The van der Waals surface area contributed by atoms with Crippen LogP contribution >= 0.6 is 0 Å². The molecule has 0 atom stereocenters. The molecule has 0 aromatic rings. The van der Waals surface area contributed by atoms with E-state index in [1.54, 1.807) is 0 Å². The normalized spacial score (nSPS) is 9.45. The third kappa shape index (κ3) is 36.7. The van der Waals surface area contributed by atoms with Gasteiger partial charge in [-0.25, -0.2) is 0 Å². The van der Waals surface area contributed by atoms with Crippen molar-refractivity contribution in [3.05, 3.63) is 13.2 Å². The third-order valence-electron chi connectivity index (χ3n) is 3.74. The summed E-state index contributed by atoms with van der Waals surface area (Å²) in [7, 11) is 2.02. The molecule has 0 saturated carbocycles. The summed E-state index contributed by atoms with van der Waals surface area (Å²) in [5, 5.41) is 3.17. The Morgan fingerprint density at radius 2 is 0.773 bits per heavy atom. The fraction of sp³-hybridized carbons (Fsp3) is 0.905. The molecule has 1 nitrogen and oxygen atoms in total. The molecule has 0 rings (SSSR count). The predicted octanol–water partition coefficient (Wildman–Crippen LogP) is 7.52. The highest BCUT2D eigenvalue weighted by atomic mass is 14.8. The SMILES string of the molecule is C=C.CCCCCCCCC.CCCCCCCCCNC. The van der Waals surface area contributed by atoms with Gasteiger partial charge in [0.1, 0.15) is 0 Å². The van der Waals surface area contributed by atoms with Crippen LogP contribution < -0.4 is 5.32 Å². The minimum Gasteiger partial charge on any atom is -0.320 e. The summed E-state index contributed by atoms with van der Waals surface area (Å²) < 4.78 is 0. The first kappa shape index (κ1) is 26.6. The van der Waals surface area contributed by atoms with Crippen LogP contribution in [0.2, 0.25) is 0 Å². The zero-order valence-corrected chi connectivity index (χ0v) is 16.5. The maximum Gasteiger partial charge on any atom is -0.00519 e. The predicted molar refractivity (Wildman–Crippen MR) is 107 cm³/mol. The smallest absolute Gasteiger partial charge is 0.00519 e. The number of hydrogen-bond donors (Lipinski definition) is 1. The van der Waals surface area contributed by atoms with Gasteiger partial charge in [-0.15, -0.1) is 13.2 Å². The summed E-state index contributed by atoms with van der Waals surface area (Å²) in [5.41, 5.74) is 0. The molecule has 0 heterocycles. The average Bonchev–Trinajstić information content (AvgIpc) is 2.56. The van der Waals surface area contributed by atoms with Gasteiger partial charge in [0.05, 0.1) is 0 Å². The van der Waals surface area contributed by atoms with Crippen molar-refractivity contribution in [2.75, 3.05) is 13.6 Å². The molecule has 0 saturated heterocycles. The quantitative estimate of drug-likeness (QED) is 0.258. The van der Waals surface area contributed by atoms with Crippen LogP contribution in [0.25, 0.3) is 0 Å². The number of nitrogens with one attached hydrogen (secondary N) is 1. The first-order valence-electron chi connectivity index (χ1n) is 9.97. The van der Waals surface area contributed by atoms with Crippen molar-refractivity contribution in [2.24, 2.45) is 0 Å². The van der Waals surface area contributed by atoms with Crippen LogP contribution in [-0.4, -0.2) is 13.6 Å². The maximum atomic E-state index is 3.17. The van der Waals surface area contributed by atoms with Gasteiger partial charge >= 0.3 is 0 Å². The summed E-state index contributed by atoms with van der Waals surface area (Å²) in [4.78, 5) is 0. The van der Waals surface area contributed by atoms with Crippen molar-refractivity contribution in [2.45, 2.75) is 111 Å². The van der Waals surface area contributed by atoms with E-state index in [1.165, 1.54) is 96.4 Å².